The third kappa shape index (κ3) is 16.5. The number of allylic oxidation sites excluding steroid dienone is 1. The number of nitriles is 1. The molecule has 0 aromatic heterocycles. The van der Waals surface area contributed by atoms with E-state index in [-0.39, 0.29) is 35.3 Å². The average molecular weight is 631 g/mol. The zero-order valence-electron chi connectivity index (χ0n) is 27.0. The fraction of sp³-hybridized carbons (Fsp3) is 0.636. The average Bonchev–Trinajstić information content (AvgIpc) is 3.04. The van der Waals surface area contributed by atoms with Crippen LogP contribution in [-0.4, -0.2) is 115 Å². The monoisotopic (exact) mass is 630 g/mol. The number of hydrogen-bond donors (Lipinski definition) is 2. The molecule has 1 aliphatic rings. The second-order valence-electron chi connectivity index (χ2n) is 11.7. The van der Waals surface area contributed by atoms with Gasteiger partial charge in [0.15, 0.2) is 0 Å². The van der Waals surface area contributed by atoms with E-state index in [9.17, 15) is 19.6 Å². The number of nitrogens with one attached hydrogen (secondary N) is 2. The molecular formula is C33H50N4O8. The molecule has 1 aromatic rings. The topological polar surface area (TPSA) is 148 Å². The van der Waals surface area contributed by atoms with Gasteiger partial charge in [0.05, 0.1) is 72.0 Å². The van der Waals surface area contributed by atoms with Gasteiger partial charge < -0.3 is 39.2 Å². The van der Waals surface area contributed by atoms with E-state index in [2.05, 4.69) is 16.7 Å². The van der Waals surface area contributed by atoms with Crippen molar-refractivity contribution < 1.29 is 38.1 Å². The van der Waals surface area contributed by atoms with Gasteiger partial charge in [-0.1, -0.05) is 57.2 Å². The van der Waals surface area contributed by atoms with Gasteiger partial charge in [-0.2, -0.15) is 5.26 Å². The summed E-state index contributed by atoms with van der Waals surface area (Å²) in [5, 5.41) is 15.1. The van der Waals surface area contributed by atoms with Gasteiger partial charge in [-0.3, -0.25) is 14.4 Å². The van der Waals surface area contributed by atoms with E-state index >= 15 is 0 Å². The summed E-state index contributed by atoms with van der Waals surface area (Å²) in [6, 6.07) is 11.9. The smallest absolute Gasteiger partial charge is 0.264 e. The summed E-state index contributed by atoms with van der Waals surface area (Å²) in [6.07, 6.45) is 2.94. The molecule has 1 heterocycles. The van der Waals surface area contributed by atoms with Crippen LogP contribution < -0.4 is 10.6 Å². The number of amides is 3. The molecule has 2 rings (SSSR count). The zero-order valence-corrected chi connectivity index (χ0v) is 27.0. The zero-order chi connectivity index (χ0) is 32.8. The number of hydrogen-bond acceptors (Lipinski definition) is 9. The molecule has 0 spiro atoms. The van der Waals surface area contributed by atoms with Gasteiger partial charge in [0, 0.05) is 32.1 Å². The Morgan fingerprint density at radius 3 is 1.91 bits per heavy atom. The summed E-state index contributed by atoms with van der Waals surface area (Å²) in [4.78, 5) is 38.2. The highest BCUT2D eigenvalue weighted by atomic mass is 16.6. The Morgan fingerprint density at radius 1 is 0.867 bits per heavy atom. The Morgan fingerprint density at radius 2 is 1.40 bits per heavy atom. The van der Waals surface area contributed by atoms with Gasteiger partial charge in [0.1, 0.15) is 11.6 Å². The Bertz CT molecular complexity index is 1070. The molecule has 45 heavy (non-hydrogen) atoms. The van der Waals surface area contributed by atoms with E-state index in [4.69, 9.17) is 23.7 Å². The number of carbonyl (C=O) groups excluding carboxylic acids is 3. The highest BCUT2D eigenvalue weighted by molar-refractivity contribution is 5.97. The quantitative estimate of drug-likeness (QED) is 0.0850. The highest BCUT2D eigenvalue weighted by Gasteiger charge is 2.35. The Kier molecular flexibility index (Phi) is 18.7. The van der Waals surface area contributed by atoms with Crippen molar-refractivity contribution in [2.75, 3.05) is 92.2 Å². The predicted octanol–water partition coefficient (Wildman–Crippen LogP) is 2.06. The molecule has 1 aromatic carbocycles. The van der Waals surface area contributed by atoms with Crippen molar-refractivity contribution in [2.24, 2.45) is 11.3 Å². The van der Waals surface area contributed by atoms with Crippen LogP contribution in [0, 0.1) is 22.7 Å². The number of carbonyl (C=O) groups is 3. The molecule has 2 atom stereocenters. The number of ether oxygens (including phenoxy) is 5. The highest BCUT2D eigenvalue weighted by Crippen LogP contribution is 2.31. The van der Waals surface area contributed by atoms with E-state index in [0.29, 0.717) is 98.5 Å². The van der Waals surface area contributed by atoms with Crippen LogP contribution in [0.4, 0.5) is 0 Å². The molecule has 3 amide bonds. The first-order valence-electron chi connectivity index (χ1n) is 15.6. The maximum Gasteiger partial charge on any atom is 0.264 e. The maximum atomic E-state index is 13.3. The lowest BCUT2D eigenvalue weighted by Gasteiger charge is -2.37. The van der Waals surface area contributed by atoms with Crippen molar-refractivity contribution in [3.63, 3.8) is 0 Å². The number of likely N-dealkylation sites (tertiary alicyclic amines) is 1. The molecule has 0 saturated carbocycles. The second-order valence-corrected chi connectivity index (χ2v) is 11.7. The van der Waals surface area contributed by atoms with E-state index in [0.717, 1.165) is 5.56 Å². The van der Waals surface area contributed by atoms with Crippen LogP contribution in [0.2, 0.25) is 0 Å². The fourth-order valence-electron chi connectivity index (χ4n) is 4.73. The Balaban J connectivity index is 1.63. The summed E-state index contributed by atoms with van der Waals surface area (Å²) < 4.78 is 27.2. The first kappa shape index (κ1) is 37.8. The Hall–Kier alpha value is -3.34. The molecule has 0 radical (unpaired) electrons. The van der Waals surface area contributed by atoms with Crippen molar-refractivity contribution in [1.29, 1.82) is 5.26 Å². The van der Waals surface area contributed by atoms with Crippen molar-refractivity contribution in [1.82, 2.24) is 15.5 Å². The van der Waals surface area contributed by atoms with E-state index in [1.807, 2.05) is 51.1 Å². The van der Waals surface area contributed by atoms with Crippen molar-refractivity contribution >= 4 is 18.2 Å². The number of nitrogens with zero attached hydrogens (tertiary/aromatic N) is 2. The first-order chi connectivity index (χ1) is 21.7. The number of benzene rings is 1. The fourth-order valence-corrected chi connectivity index (χ4v) is 4.73. The lowest BCUT2D eigenvalue weighted by molar-refractivity contribution is -0.133. The predicted molar refractivity (Wildman–Crippen MR) is 168 cm³/mol. The van der Waals surface area contributed by atoms with Crippen molar-refractivity contribution in [2.45, 2.75) is 33.1 Å². The van der Waals surface area contributed by atoms with Crippen LogP contribution in [0.1, 0.15) is 38.7 Å². The normalized spacial score (nSPS) is 17.0. The van der Waals surface area contributed by atoms with E-state index in [1.54, 1.807) is 11.0 Å². The van der Waals surface area contributed by atoms with E-state index in [1.165, 1.54) is 0 Å². The third-order valence-corrected chi connectivity index (χ3v) is 6.82. The van der Waals surface area contributed by atoms with Gasteiger partial charge in [-0.15, -0.1) is 0 Å². The second kappa shape index (κ2) is 22.2. The third-order valence-electron chi connectivity index (χ3n) is 6.82. The summed E-state index contributed by atoms with van der Waals surface area (Å²) >= 11 is 0. The van der Waals surface area contributed by atoms with Crippen LogP contribution in [0.5, 0.6) is 0 Å². The summed E-state index contributed by atoms with van der Waals surface area (Å²) in [5.74, 6) is -0.883. The van der Waals surface area contributed by atoms with Crippen molar-refractivity contribution in [3.05, 3.63) is 47.5 Å². The maximum absolute atomic E-state index is 13.3. The van der Waals surface area contributed by atoms with Crippen LogP contribution in [0.25, 0.3) is 0 Å². The minimum atomic E-state index is -0.402. The number of piperidine rings is 1. The molecule has 12 nitrogen and oxygen atoms in total. The largest absolute Gasteiger partial charge is 0.377 e. The molecule has 1 aliphatic heterocycles. The molecular weight excluding hydrogens is 580 g/mol. The SMILES string of the molecule is CC(C)(C)/C=C(\C#N)C(=O)N1CC(C(=O)NCCOCCOCCOCCOCCOCCNC=O)CC(c2ccccc2)C1. The van der Waals surface area contributed by atoms with Crippen LogP contribution in [0.3, 0.4) is 0 Å². The Labute approximate surface area is 267 Å². The summed E-state index contributed by atoms with van der Waals surface area (Å²) in [6.45, 7) is 11.7. The van der Waals surface area contributed by atoms with Gasteiger partial charge in [0.25, 0.3) is 5.91 Å². The first-order valence-corrected chi connectivity index (χ1v) is 15.6. The molecule has 12 heteroatoms. The summed E-state index contributed by atoms with van der Waals surface area (Å²) in [7, 11) is 0. The minimum absolute atomic E-state index is 0.0118. The van der Waals surface area contributed by atoms with E-state index < -0.39 is 5.92 Å². The number of rotatable bonds is 22. The van der Waals surface area contributed by atoms with Crippen LogP contribution in [0.15, 0.2) is 42.0 Å². The van der Waals surface area contributed by atoms with Crippen LogP contribution in [-0.2, 0) is 38.1 Å². The molecule has 1 fully saturated rings. The lowest BCUT2D eigenvalue weighted by Crippen LogP contribution is -2.48. The van der Waals surface area contributed by atoms with Gasteiger partial charge >= 0.3 is 0 Å². The lowest BCUT2D eigenvalue weighted by atomic mass is 9.83. The summed E-state index contributed by atoms with van der Waals surface area (Å²) in [5.41, 5.74) is 0.844. The molecule has 2 unspecified atom stereocenters. The molecule has 0 bridgehead atoms. The molecule has 250 valence electrons. The molecule has 1 saturated heterocycles. The van der Waals surface area contributed by atoms with Gasteiger partial charge in [-0.25, -0.2) is 0 Å². The standard InChI is InChI=1S/C33H50N4O8/c1-33(2,3)22-30(23-34)32(40)37-24-28(27-7-5-4-6-8-27)21-29(25-37)31(39)36-10-12-42-14-16-44-18-20-45-19-17-43-15-13-41-11-9-35-26-38/h4-8,22,26,28-29H,9-21,24-25H2,1-3H3,(H,35,38)(H,36,39)/b30-22+. The van der Waals surface area contributed by atoms with Gasteiger partial charge in [-0.05, 0) is 17.4 Å². The van der Waals surface area contributed by atoms with Gasteiger partial charge in [0.2, 0.25) is 12.3 Å². The molecule has 0 aliphatic carbocycles. The van der Waals surface area contributed by atoms with Crippen LogP contribution >= 0.6 is 0 Å². The van der Waals surface area contributed by atoms with Crippen molar-refractivity contribution in [3.8, 4) is 6.07 Å². The molecule has 2 N–H and O–H groups in total. The minimum Gasteiger partial charge on any atom is -0.377 e.